The van der Waals surface area contributed by atoms with Crippen LogP contribution < -0.4 is 5.32 Å². The van der Waals surface area contributed by atoms with Gasteiger partial charge in [0.2, 0.25) is 5.91 Å². The molecule has 2 amide bonds. The van der Waals surface area contributed by atoms with Gasteiger partial charge in [0.05, 0.1) is 17.9 Å². The molecule has 0 bridgehead atoms. The minimum Gasteiger partial charge on any atom is -0.472 e. The SMILES string of the molecule is O=C(NCCC(=O)N1CC2CCC(O)C2C1)c1ccoc1. The maximum Gasteiger partial charge on any atom is 0.254 e. The van der Waals surface area contributed by atoms with Crippen molar-refractivity contribution in [3.05, 3.63) is 24.2 Å². The first kappa shape index (κ1) is 14.1. The van der Waals surface area contributed by atoms with Crippen LogP contribution in [0, 0.1) is 11.8 Å². The van der Waals surface area contributed by atoms with Gasteiger partial charge in [-0.3, -0.25) is 9.59 Å². The molecule has 3 atom stereocenters. The molecule has 0 spiro atoms. The maximum absolute atomic E-state index is 12.1. The van der Waals surface area contributed by atoms with Crippen LogP contribution in [0.3, 0.4) is 0 Å². The zero-order chi connectivity index (χ0) is 14.8. The Kier molecular flexibility index (Phi) is 3.96. The van der Waals surface area contributed by atoms with Crippen LogP contribution in [0.1, 0.15) is 29.6 Å². The lowest BCUT2D eigenvalue weighted by Gasteiger charge is -2.18. The summed E-state index contributed by atoms with van der Waals surface area (Å²) >= 11 is 0. The van der Waals surface area contributed by atoms with Crippen LogP contribution in [0.4, 0.5) is 0 Å². The summed E-state index contributed by atoms with van der Waals surface area (Å²) in [5, 5.41) is 12.6. The minimum absolute atomic E-state index is 0.0455. The zero-order valence-corrected chi connectivity index (χ0v) is 11.8. The first-order valence-corrected chi connectivity index (χ1v) is 7.41. The molecule has 1 aromatic heterocycles. The molecule has 2 N–H and O–H groups in total. The molecular formula is C15H20N2O4. The first-order chi connectivity index (χ1) is 10.1. The second kappa shape index (κ2) is 5.89. The Morgan fingerprint density at radius 3 is 2.95 bits per heavy atom. The van der Waals surface area contributed by atoms with Crippen molar-refractivity contribution in [2.24, 2.45) is 11.8 Å². The van der Waals surface area contributed by atoms with Gasteiger partial charge in [-0.1, -0.05) is 0 Å². The number of aliphatic hydroxyl groups excluding tert-OH is 1. The molecule has 1 aromatic rings. The Hall–Kier alpha value is -1.82. The predicted molar refractivity (Wildman–Crippen MR) is 74.5 cm³/mol. The van der Waals surface area contributed by atoms with Gasteiger partial charge < -0.3 is 19.7 Å². The van der Waals surface area contributed by atoms with Crippen LogP contribution in [0.15, 0.2) is 23.0 Å². The van der Waals surface area contributed by atoms with E-state index in [-0.39, 0.29) is 23.8 Å². The fourth-order valence-electron chi connectivity index (χ4n) is 3.38. The number of hydrogen-bond donors (Lipinski definition) is 2. The highest BCUT2D eigenvalue weighted by atomic mass is 16.3. The van der Waals surface area contributed by atoms with Crippen LogP contribution in [0.25, 0.3) is 0 Å². The van der Waals surface area contributed by atoms with Gasteiger partial charge in [0, 0.05) is 32.0 Å². The number of likely N-dealkylation sites (tertiary alicyclic amines) is 1. The molecule has 1 aliphatic heterocycles. The van der Waals surface area contributed by atoms with Gasteiger partial charge in [-0.15, -0.1) is 0 Å². The van der Waals surface area contributed by atoms with E-state index < -0.39 is 0 Å². The van der Waals surface area contributed by atoms with Crippen molar-refractivity contribution in [3.8, 4) is 0 Å². The highest BCUT2D eigenvalue weighted by Gasteiger charge is 2.42. The van der Waals surface area contributed by atoms with Gasteiger partial charge >= 0.3 is 0 Å². The summed E-state index contributed by atoms with van der Waals surface area (Å²) in [6.07, 6.45) is 4.71. The van der Waals surface area contributed by atoms with Crippen LogP contribution in [-0.4, -0.2) is 47.6 Å². The van der Waals surface area contributed by atoms with Crippen LogP contribution in [0.5, 0.6) is 0 Å². The number of hydrogen-bond acceptors (Lipinski definition) is 4. The quantitative estimate of drug-likeness (QED) is 0.852. The number of carbonyl (C=O) groups excluding carboxylic acids is 2. The summed E-state index contributed by atoms with van der Waals surface area (Å²) in [5.74, 6) is 0.508. The molecule has 2 aliphatic rings. The number of amides is 2. The summed E-state index contributed by atoms with van der Waals surface area (Å²) < 4.78 is 4.84. The Bertz CT molecular complexity index is 514. The van der Waals surface area contributed by atoms with Crippen molar-refractivity contribution in [2.75, 3.05) is 19.6 Å². The van der Waals surface area contributed by atoms with E-state index >= 15 is 0 Å². The number of carbonyl (C=O) groups is 2. The van der Waals surface area contributed by atoms with Gasteiger partial charge in [-0.05, 0) is 24.8 Å². The Morgan fingerprint density at radius 2 is 2.24 bits per heavy atom. The van der Waals surface area contributed by atoms with E-state index in [1.807, 2.05) is 4.90 Å². The molecule has 3 unspecified atom stereocenters. The number of nitrogens with one attached hydrogen (secondary N) is 1. The van der Waals surface area contributed by atoms with E-state index in [1.165, 1.54) is 12.5 Å². The molecule has 2 fully saturated rings. The van der Waals surface area contributed by atoms with E-state index in [0.717, 1.165) is 19.4 Å². The number of nitrogens with zero attached hydrogens (tertiary/aromatic N) is 1. The van der Waals surface area contributed by atoms with Crippen molar-refractivity contribution in [1.82, 2.24) is 10.2 Å². The van der Waals surface area contributed by atoms with E-state index in [4.69, 9.17) is 4.42 Å². The lowest BCUT2D eigenvalue weighted by molar-refractivity contribution is -0.130. The van der Waals surface area contributed by atoms with Crippen molar-refractivity contribution >= 4 is 11.8 Å². The summed E-state index contributed by atoms with van der Waals surface area (Å²) in [6.45, 7) is 1.72. The highest BCUT2D eigenvalue weighted by molar-refractivity contribution is 5.94. The first-order valence-electron chi connectivity index (χ1n) is 7.41. The molecule has 114 valence electrons. The Balaban J connectivity index is 1.42. The molecule has 6 heteroatoms. The molecule has 21 heavy (non-hydrogen) atoms. The molecule has 0 radical (unpaired) electrons. The lowest BCUT2D eigenvalue weighted by Crippen LogP contribution is -2.34. The van der Waals surface area contributed by atoms with Crippen LogP contribution >= 0.6 is 0 Å². The summed E-state index contributed by atoms with van der Waals surface area (Å²) in [6, 6.07) is 1.58. The van der Waals surface area contributed by atoms with Gasteiger partial charge in [0.1, 0.15) is 6.26 Å². The number of fused-ring (bicyclic) bond motifs is 1. The molecule has 1 aliphatic carbocycles. The Labute approximate surface area is 123 Å². The summed E-state index contributed by atoms with van der Waals surface area (Å²) in [7, 11) is 0. The second-order valence-electron chi connectivity index (χ2n) is 5.89. The smallest absolute Gasteiger partial charge is 0.254 e. The van der Waals surface area contributed by atoms with E-state index in [2.05, 4.69) is 5.32 Å². The van der Waals surface area contributed by atoms with Gasteiger partial charge in [0.25, 0.3) is 5.91 Å². The third-order valence-electron chi connectivity index (χ3n) is 4.58. The van der Waals surface area contributed by atoms with Crippen LogP contribution in [-0.2, 0) is 4.79 Å². The van der Waals surface area contributed by atoms with Crippen molar-refractivity contribution in [1.29, 1.82) is 0 Å². The maximum atomic E-state index is 12.1. The third-order valence-corrected chi connectivity index (χ3v) is 4.58. The number of rotatable bonds is 4. The van der Waals surface area contributed by atoms with Crippen molar-refractivity contribution in [2.45, 2.75) is 25.4 Å². The van der Waals surface area contributed by atoms with Crippen LogP contribution in [0.2, 0.25) is 0 Å². The average molecular weight is 292 g/mol. The average Bonchev–Trinajstić information content (AvgIpc) is 3.17. The molecule has 0 aromatic carbocycles. The highest BCUT2D eigenvalue weighted by Crippen LogP contribution is 2.38. The van der Waals surface area contributed by atoms with Crippen molar-refractivity contribution < 1.29 is 19.1 Å². The topological polar surface area (TPSA) is 82.8 Å². The molecule has 2 heterocycles. The summed E-state index contributed by atoms with van der Waals surface area (Å²) in [5.41, 5.74) is 0.460. The lowest BCUT2D eigenvalue weighted by atomic mass is 10.00. The monoisotopic (exact) mass is 292 g/mol. The predicted octanol–water partition coefficient (Wildman–Crippen LogP) is 0.629. The zero-order valence-electron chi connectivity index (χ0n) is 11.8. The molecule has 1 saturated heterocycles. The third kappa shape index (κ3) is 2.95. The molecular weight excluding hydrogens is 272 g/mol. The second-order valence-corrected chi connectivity index (χ2v) is 5.89. The van der Waals surface area contributed by atoms with Crippen molar-refractivity contribution in [3.63, 3.8) is 0 Å². The standard InChI is InChI=1S/C15H20N2O4/c18-13-2-1-10-7-17(8-12(10)13)14(19)3-5-16-15(20)11-4-6-21-9-11/h4,6,9-10,12-13,18H,1-3,5,7-8H2,(H,16,20). The number of furan rings is 1. The normalized spacial score (nSPS) is 27.7. The largest absolute Gasteiger partial charge is 0.472 e. The molecule has 1 saturated carbocycles. The molecule has 6 nitrogen and oxygen atoms in total. The van der Waals surface area contributed by atoms with Gasteiger partial charge in [0.15, 0.2) is 0 Å². The van der Waals surface area contributed by atoms with E-state index in [9.17, 15) is 14.7 Å². The Morgan fingerprint density at radius 1 is 1.38 bits per heavy atom. The minimum atomic E-state index is -0.256. The molecule has 3 rings (SSSR count). The van der Waals surface area contributed by atoms with E-state index in [1.54, 1.807) is 6.07 Å². The summed E-state index contributed by atoms with van der Waals surface area (Å²) in [4.78, 5) is 25.6. The van der Waals surface area contributed by atoms with Gasteiger partial charge in [-0.25, -0.2) is 0 Å². The fourth-order valence-corrected chi connectivity index (χ4v) is 3.38. The van der Waals surface area contributed by atoms with Gasteiger partial charge in [-0.2, -0.15) is 0 Å². The van der Waals surface area contributed by atoms with E-state index in [0.29, 0.717) is 31.0 Å². The fraction of sp³-hybridized carbons (Fsp3) is 0.600. The number of aliphatic hydroxyl groups is 1.